The second kappa shape index (κ2) is 8.27. The largest absolute Gasteiger partial charge is 0.325 e. The Morgan fingerprint density at radius 2 is 2.07 bits per heavy atom. The van der Waals surface area contributed by atoms with Crippen molar-refractivity contribution >= 4 is 29.4 Å². The van der Waals surface area contributed by atoms with Gasteiger partial charge in [0, 0.05) is 17.9 Å². The van der Waals surface area contributed by atoms with Crippen LogP contribution in [0.3, 0.4) is 0 Å². The summed E-state index contributed by atoms with van der Waals surface area (Å²) in [6.45, 7) is 0.553. The van der Waals surface area contributed by atoms with Crippen molar-refractivity contribution in [2.24, 2.45) is 0 Å². The average Bonchev–Trinajstić information content (AvgIpc) is 3.36. The van der Waals surface area contributed by atoms with Gasteiger partial charge in [0.1, 0.15) is 17.0 Å². The molecule has 2 aromatic carbocycles. The molecule has 28 heavy (non-hydrogen) atoms. The highest BCUT2D eigenvalue weighted by Gasteiger charge is 2.32. The summed E-state index contributed by atoms with van der Waals surface area (Å²) in [4.78, 5) is 14.4. The summed E-state index contributed by atoms with van der Waals surface area (Å²) in [5.41, 5.74) is 0.980. The molecule has 1 aliphatic heterocycles. The molecule has 0 unspecified atom stereocenters. The molecule has 1 aromatic heterocycles. The molecule has 0 spiro atoms. The fourth-order valence-corrected chi connectivity index (χ4v) is 4.98. The molecular weight excluding hydrogens is 404 g/mol. The number of carbonyl (C=O) groups excluding carboxylic acids is 1. The average molecular weight is 419 g/mol. The number of tetrazole rings is 1. The topological polar surface area (TPSA) is 63.9 Å². The van der Waals surface area contributed by atoms with Crippen LogP contribution in [0.4, 0.5) is 8.78 Å². The highest BCUT2D eigenvalue weighted by molar-refractivity contribution is 8.00. The fourth-order valence-electron chi connectivity index (χ4n) is 2.91. The third-order valence-corrected chi connectivity index (χ3v) is 6.35. The van der Waals surface area contributed by atoms with Crippen molar-refractivity contribution in [3.05, 3.63) is 65.7 Å². The van der Waals surface area contributed by atoms with Gasteiger partial charge in [0.15, 0.2) is 0 Å². The molecule has 0 saturated carbocycles. The van der Waals surface area contributed by atoms with Crippen molar-refractivity contribution in [1.82, 2.24) is 25.1 Å². The molecular formula is C18H15F2N5OS2. The quantitative estimate of drug-likeness (QED) is 0.592. The van der Waals surface area contributed by atoms with Gasteiger partial charge in [-0.05, 0) is 34.7 Å². The maximum absolute atomic E-state index is 14.1. The first-order valence-corrected chi connectivity index (χ1v) is 10.5. The third kappa shape index (κ3) is 3.88. The first kappa shape index (κ1) is 18.9. The lowest BCUT2D eigenvalue weighted by atomic mass is 10.2. The smallest absolute Gasteiger partial charge is 0.234 e. The normalized spacial score (nSPS) is 16.5. The highest BCUT2D eigenvalue weighted by atomic mass is 32.2. The monoisotopic (exact) mass is 419 g/mol. The molecule has 2 heterocycles. The van der Waals surface area contributed by atoms with E-state index in [-0.39, 0.29) is 22.9 Å². The van der Waals surface area contributed by atoms with Gasteiger partial charge < -0.3 is 4.90 Å². The molecule has 144 valence electrons. The minimum atomic E-state index is -0.401. The molecule has 4 rings (SSSR count). The maximum atomic E-state index is 14.1. The van der Waals surface area contributed by atoms with E-state index in [0.29, 0.717) is 23.0 Å². The van der Waals surface area contributed by atoms with Gasteiger partial charge in [-0.2, -0.15) is 4.68 Å². The molecule has 1 aliphatic rings. The van der Waals surface area contributed by atoms with Crippen molar-refractivity contribution < 1.29 is 13.6 Å². The van der Waals surface area contributed by atoms with E-state index in [0.717, 1.165) is 17.5 Å². The lowest BCUT2D eigenvalue weighted by Crippen LogP contribution is -2.32. The summed E-state index contributed by atoms with van der Waals surface area (Å²) in [5.74, 6) is -0.00114. The summed E-state index contributed by atoms with van der Waals surface area (Å²) >= 11 is 2.70. The summed E-state index contributed by atoms with van der Waals surface area (Å²) in [7, 11) is 0. The van der Waals surface area contributed by atoms with E-state index in [9.17, 15) is 13.6 Å². The third-order valence-electron chi connectivity index (χ3n) is 4.20. The molecule has 3 aromatic rings. The van der Waals surface area contributed by atoms with Crippen LogP contribution in [0.2, 0.25) is 0 Å². The zero-order valence-electron chi connectivity index (χ0n) is 14.5. The van der Waals surface area contributed by atoms with E-state index in [4.69, 9.17) is 0 Å². The van der Waals surface area contributed by atoms with Gasteiger partial charge in [0.05, 0.1) is 11.4 Å². The molecule has 0 aliphatic carbocycles. The summed E-state index contributed by atoms with van der Waals surface area (Å²) in [6.07, 6.45) is 0. The van der Waals surface area contributed by atoms with Crippen LogP contribution in [-0.2, 0) is 4.79 Å². The van der Waals surface area contributed by atoms with Gasteiger partial charge in [0.2, 0.25) is 11.1 Å². The van der Waals surface area contributed by atoms with Crippen molar-refractivity contribution in [2.75, 3.05) is 18.1 Å². The second-order valence-electron chi connectivity index (χ2n) is 5.97. The first-order chi connectivity index (χ1) is 13.6. The lowest BCUT2D eigenvalue weighted by molar-refractivity contribution is -0.128. The van der Waals surface area contributed by atoms with Crippen LogP contribution in [-0.4, -0.2) is 49.1 Å². The number of benzene rings is 2. The van der Waals surface area contributed by atoms with E-state index in [1.807, 2.05) is 0 Å². The zero-order valence-corrected chi connectivity index (χ0v) is 16.2. The number of halogens is 2. The van der Waals surface area contributed by atoms with E-state index in [1.54, 1.807) is 35.2 Å². The van der Waals surface area contributed by atoms with E-state index < -0.39 is 5.82 Å². The number of rotatable bonds is 5. The van der Waals surface area contributed by atoms with Crippen LogP contribution in [0.5, 0.6) is 0 Å². The van der Waals surface area contributed by atoms with Gasteiger partial charge in [-0.25, -0.2) is 8.78 Å². The molecule has 1 atom stereocenters. The minimum absolute atomic E-state index is 0.0984. The molecule has 1 fully saturated rings. The van der Waals surface area contributed by atoms with E-state index >= 15 is 0 Å². The predicted octanol–water partition coefficient (Wildman–Crippen LogP) is 3.31. The first-order valence-electron chi connectivity index (χ1n) is 8.46. The van der Waals surface area contributed by atoms with Crippen LogP contribution in [0, 0.1) is 11.6 Å². The van der Waals surface area contributed by atoms with Gasteiger partial charge in [0.25, 0.3) is 0 Å². The number of amides is 1. The Hall–Kier alpha value is -2.46. The molecule has 0 radical (unpaired) electrons. The van der Waals surface area contributed by atoms with Crippen molar-refractivity contribution in [1.29, 1.82) is 0 Å². The number of hydrogen-bond donors (Lipinski definition) is 0. The van der Waals surface area contributed by atoms with Crippen LogP contribution in [0.15, 0.2) is 53.7 Å². The van der Waals surface area contributed by atoms with Crippen LogP contribution in [0.25, 0.3) is 5.69 Å². The number of hydrogen-bond acceptors (Lipinski definition) is 6. The molecule has 1 amide bonds. The van der Waals surface area contributed by atoms with Crippen LogP contribution >= 0.6 is 23.5 Å². The van der Waals surface area contributed by atoms with Gasteiger partial charge >= 0.3 is 0 Å². The fraction of sp³-hybridized carbons (Fsp3) is 0.222. The standard InChI is InChI=1S/C18H15F2N5OS2/c19-12-4-3-5-13(10-12)25-18(21-22-23-25)28-11-16(26)24-8-9-27-17(24)14-6-1-2-7-15(14)20/h1-7,10,17H,8-9,11H2/t17-/m0/s1. The highest BCUT2D eigenvalue weighted by Crippen LogP contribution is 2.39. The van der Waals surface area contributed by atoms with Gasteiger partial charge in [-0.15, -0.1) is 16.9 Å². The minimum Gasteiger partial charge on any atom is -0.325 e. The lowest BCUT2D eigenvalue weighted by Gasteiger charge is -2.24. The molecule has 1 saturated heterocycles. The predicted molar refractivity (Wildman–Crippen MR) is 103 cm³/mol. The Balaban J connectivity index is 1.47. The Kier molecular flexibility index (Phi) is 5.58. The molecule has 10 heteroatoms. The number of aromatic nitrogens is 4. The van der Waals surface area contributed by atoms with Gasteiger partial charge in [-0.1, -0.05) is 36.0 Å². The SMILES string of the molecule is O=C(CSc1nnnn1-c1cccc(F)c1)N1CCS[C@H]1c1ccccc1F. The van der Waals surface area contributed by atoms with Gasteiger partial charge in [-0.3, -0.25) is 4.79 Å². The number of nitrogens with zero attached hydrogens (tertiary/aromatic N) is 5. The number of thioether (sulfide) groups is 2. The molecule has 6 nitrogen and oxygen atoms in total. The Labute approximate surface area is 168 Å². The maximum Gasteiger partial charge on any atom is 0.234 e. The molecule has 0 N–H and O–H groups in total. The van der Waals surface area contributed by atoms with E-state index in [2.05, 4.69) is 15.5 Å². The van der Waals surface area contributed by atoms with Crippen LogP contribution in [0.1, 0.15) is 10.9 Å². The van der Waals surface area contributed by atoms with Crippen molar-refractivity contribution in [3.63, 3.8) is 0 Å². The Morgan fingerprint density at radius 3 is 2.89 bits per heavy atom. The zero-order chi connectivity index (χ0) is 19.5. The van der Waals surface area contributed by atoms with E-state index in [1.165, 1.54) is 34.6 Å². The Bertz CT molecular complexity index is 999. The molecule has 0 bridgehead atoms. The summed E-state index contributed by atoms with van der Waals surface area (Å²) in [6, 6.07) is 12.4. The number of carbonyl (C=O) groups is 1. The summed E-state index contributed by atoms with van der Waals surface area (Å²) in [5, 5.41) is 11.4. The van der Waals surface area contributed by atoms with Crippen molar-refractivity contribution in [3.8, 4) is 5.69 Å². The summed E-state index contributed by atoms with van der Waals surface area (Å²) < 4.78 is 29.0. The Morgan fingerprint density at radius 1 is 1.21 bits per heavy atom. The second-order valence-corrected chi connectivity index (χ2v) is 8.10. The van der Waals surface area contributed by atoms with Crippen molar-refractivity contribution in [2.45, 2.75) is 10.5 Å². The van der Waals surface area contributed by atoms with Crippen LogP contribution < -0.4 is 0 Å².